The van der Waals surface area contributed by atoms with Crippen LogP contribution in [-0.4, -0.2) is 64.3 Å². The molecule has 2 aliphatic heterocycles. The molecule has 9 heteroatoms. The molecule has 9 nitrogen and oxygen atoms in total. The Kier molecular flexibility index (Phi) is 6.73. The maximum Gasteiger partial charge on any atom is 0.407 e. The first-order valence-corrected chi connectivity index (χ1v) is 9.54. The zero-order valence-electron chi connectivity index (χ0n) is 17.0. The molecule has 2 amide bonds. The van der Waals surface area contributed by atoms with Gasteiger partial charge >= 0.3 is 18.2 Å². The molecule has 30 heavy (non-hydrogen) atoms. The predicted molar refractivity (Wildman–Crippen MR) is 106 cm³/mol. The molecule has 2 bridgehead atoms. The van der Waals surface area contributed by atoms with E-state index in [0.717, 1.165) is 5.56 Å². The van der Waals surface area contributed by atoms with Gasteiger partial charge in [0.05, 0.1) is 12.2 Å². The van der Waals surface area contributed by atoms with Gasteiger partial charge in [-0.3, -0.25) is 0 Å². The summed E-state index contributed by atoms with van der Waals surface area (Å²) in [6, 6.07) is 9.33. The Morgan fingerprint density at radius 1 is 0.900 bits per heavy atom. The molecule has 160 valence electrons. The van der Waals surface area contributed by atoms with E-state index in [-0.39, 0.29) is 19.8 Å². The Morgan fingerprint density at radius 3 is 2.00 bits per heavy atom. The van der Waals surface area contributed by atoms with E-state index in [0.29, 0.717) is 22.3 Å². The number of carbonyl (C=O) groups excluding carboxylic acids is 3. The number of ether oxygens (including phenoxy) is 4. The molecule has 0 saturated carbocycles. The molecule has 2 N–H and O–H groups in total. The number of alkyl carbamates (subject to hydrolysis) is 2. The fourth-order valence-corrected chi connectivity index (χ4v) is 3.52. The van der Waals surface area contributed by atoms with Gasteiger partial charge in [0.1, 0.15) is 25.4 Å². The summed E-state index contributed by atoms with van der Waals surface area (Å²) in [6.07, 6.45) is -2.60. The molecular formula is C21H24N2O7. The third-order valence-corrected chi connectivity index (χ3v) is 4.84. The van der Waals surface area contributed by atoms with E-state index in [4.69, 9.17) is 18.9 Å². The molecule has 2 aliphatic rings. The summed E-state index contributed by atoms with van der Waals surface area (Å²) in [5, 5.41) is 4.76. The van der Waals surface area contributed by atoms with Crippen LogP contribution in [0.5, 0.6) is 0 Å². The third kappa shape index (κ3) is 4.16. The van der Waals surface area contributed by atoms with Gasteiger partial charge < -0.3 is 29.6 Å². The summed E-state index contributed by atoms with van der Waals surface area (Å²) in [4.78, 5) is 36.0. The molecule has 0 saturated heterocycles. The molecule has 3 rings (SSSR count). The number of benzene rings is 1. The first kappa shape index (κ1) is 21.4. The largest absolute Gasteiger partial charge is 0.463 e. The van der Waals surface area contributed by atoms with Crippen LogP contribution < -0.4 is 10.6 Å². The first-order valence-electron chi connectivity index (χ1n) is 9.54. The van der Waals surface area contributed by atoms with Crippen molar-refractivity contribution in [3.8, 4) is 0 Å². The first-order chi connectivity index (χ1) is 14.5. The van der Waals surface area contributed by atoms with Crippen LogP contribution >= 0.6 is 0 Å². The van der Waals surface area contributed by atoms with Gasteiger partial charge in [0, 0.05) is 30.8 Å². The van der Waals surface area contributed by atoms with E-state index in [9.17, 15) is 14.4 Å². The van der Waals surface area contributed by atoms with E-state index < -0.39 is 30.4 Å². The zero-order valence-corrected chi connectivity index (χ0v) is 17.0. The lowest BCUT2D eigenvalue weighted by Crippen LogP contribution is -2.28. The number of fused-ring (bicyclic) bond motifs is 2. The highest BCUT2D eigenvalue weighted by atomic mass is 16.6. The van der Waals surface area contributed by atoms with Crippen molar-refractivity contribution in [2.24, 2.45) is 0 Å². The molecule has 0 aromatic heterocycles. The standard InChI is InChI=1S/C21H24N2O7/c1-4-27-19(24)16-15(12-8-6-5-7-9-12)17-13(10-28-20(25)22-2)14(18(16)30-17)11-29-21(26)23-3/h5-9,17-18H,4,10-11H2,1-3H3,(H,22,25)(H,23,26)/t17-,18-/m0/s1. The van der Waals surface area contributed by atoms with E-state index >= 15 is 0 Å². The Balaban J connectivity index is 2.01. The smallest absolute Gasteiger partial charge is 0.407 e. The summed E-state index contributed by atoms with van der Waals surface area (Å²) in [6.45, 7) is 1.75. The van der Waals surface area contributed by atoms with Gasteiger partial charge in [0.15, 0.2) is 0 Å². The van der Waals surface area contributed by atoms with Crippen molar-refractivity contribution in [1.29, 1.82) is 0 Å². The predicted octanol–water partition coefficient (Wildman–Crippen LogP) is 1.79. The van der Waals surface area contributed by atoms with Crippen molar-refractivity contribution in [3.05, 3.63) is 52.6 Å². The monoisotopic (exact) mass is 416 g/mol. The van der Waals surface area contributed by atoms with Gasteiger partial charge in [-0.2, -0.15) is 0 Å². The van der Waals surface area contributed by atoms with Crippen LogP contribution in [-0.2, 0) is 23.7 Å². The van der Waals surface area contributed by atoms with E-state index in [2.05, 4.69) is 10.6 Å². The molecule has 1 aromatic rings. The molecule has 0 fully saturated rings. The molecule has 0 aliphatic carbocycles. The zero-order chi connectivity index (χ0) is 21.7. The third-order valence-electron chi connectivity index (χ3n) is 4.84. The minimum atomic E-state index is -0.753. The number of nitrogens with one attached hydrogen (secondary N) is 2. The Morgan fingerprint density at radius 2 is 1.47 bits per heavy atom. The maximum atomic E-state index is 12.8. The van der Waals surface area contributed by atoms with Crippen LogP contribution in [0.1, 0.15) is 12.5 Å². The number of carbonyl (C=O) groups is 3. The minimum Gasteiger partial charge on any atom is -0.463 e. The van der Waals surface area contributed by atoms with Gasteiger partial charge in [0.25, 0.3) is 0 Å². The lowest BCUT2D eigenvalue weighted by molar-refractivity contribution is -0.139. The molecule has 0 spiro atoms. The number of rotatable bonds is 7. The Hall–Kier alpha value is -3.33. The van der Waals surface area contributed by atoms with Crippen LogP contribution in [0.3, 0.4) is 0 Å². The van der Waals surface area contributed by atoms with Crippen molar-refractivity contribution in [3.63, 3.8) is 0 Å². The summed E-state index contributed by atoms with van der Waals surface area (Å²) in [5.41, 5.74) is 3.04. The topological polar surface area (TPSA) is 112 Å². The fourth-order valence-electron chi connectivity index (χ4n) is 3.52. The lowest BCUT2D eigenvalue weighted by atomic mass is 9.83. The Labute approximate surface area is 174 Å². The SMILES string of the molecule is CCOC(=O)C1=C(c2ccccc2)[C@H]2O[C@H]1C(COC(=O)NC)=C2COC(=O)NC. The molecule has 2 heterocycles. The normalized spacial score (nSPS) is 19.6. The summed E-state index contributed by atoms with van der Waals surface area (Å²) >= 11 is 0. The van der Waals surface area contributed by atoms with Gasteiger partial charge in [-0.1, -0.05) is 30.3 Å². The highest BCUT2D eigenvalue weighted by Crippen LogP contribution is 2.48. The van der Waals surface area contributed by atoms with E-state index in [1.807, 2.05) is 30.3 Å². The number of hydrogen-bond donors (Lipinski definition) is 2. The van der Waals surface area contributed by atoms with Crippen molar-refractivity contribution in [1.82, 2.24) is 10.6 Å². The quantitative estimate of drug-likeness (QED) is 0.396. The second-order valence-corrected chi connectivity index (χ2v) is 6.51. The number of hydrogen-bond acceptors (Lipinski definition) is 7. The summed E-state index contributed by atoms with van der Waals surface area (Å²) < 4.78 is 21.8. The van der Waals surface area contributed by atoms with Crippen molar-refractivity contribution in [2.75, 3.05) is 33.9 Å². The van der Waals surface area contributed by atoms with Crippen molar-refractivity contribution >= 4 is 23.7 Å². The van der Waals surface area contributed by atoms with Crippen LogP contribution in [0.25, 0.3) is 5.57 Å². The Bertz CT molecular complexity index is 892. The lowest BCUT2D eigenvalue weighted by Gasteiger charge is -2.22. The maximum absolute atomic E-state index is 12.8. The second-order valence-electron chi connectivity index (χ2n) is 6.51. The highest BCUT2D eigenvalue weighted by Gasteiger charge is 2.50. The highest BCUT2D eigenvalue weighted by molar-refractivity contribution is 6.03. The number of esters is 1. The molecule has 0 radical (unpaired) electrons. The van der Waals surface area contributed by atoms with Crippen LogP contribution in [0.15, 0.2) is 47.1 Å². The average Bonchev–Trinajstić information content (AvgIpc) is 3.32. The molecule has 0 unspecified atom stereocenters. The number of amides is 2. The van der Waals surface area contributed by atoms with Gasteiger partial charge in [-0.15, -0.1) is 0 Å². The molecule has 2 atom stereocenters. The fraction of sp³-hybridized carbons (Fsp3) is 0.381. The van der Waals surface area contributed by atoms with Gasteiger partial charge in [-0.05, 0) is 12.5 Å². The second kappa shape index (κ2) is 9.45. The molecule has 1 aromatic carbocycles. The summed E-state index contributed by atoms with van der Waals surface area (Å²) in [5.74, 6) is -0.493. The van der Waals surface area contributed by atoms with Gasteiger partial charge in [0.2, 0.25) is 0 Å². The average molecular weight is 416 g/mol. The van der Waals surface area contributed by atoms with Crippen LogP contribution in [0, 0.1) is 0 Å². The molecular weight excluding hydrogens is 392 g/mol. The van der Waals surface area contributed by atoms with Gasteiger partial charge in [-0.25, -0.2) is 14.4 Å². The minimum absolute atomic E-state index is 0.0697. The van der Waals surface area contributed by atoms with E-state index in [1.54, 1.807) is 6.92 Å². The van der Waals surface area contributed by atoms with E-state index in [1.165, 1.54) is 14.1 Å². The van der Waals surface area contributed by atoms with Crippen LogP contribution in [0.2, 0.25) is 0 Å². The van der Waals surface area contributed by atoms with Crippen LogP contribution in [0.4, 0.5) is 9.59 Å². The van der Waals surface area contributed by atoms with Crippen molar-refractivity contribution < 1.29 is 33.3 Å². The summed E-state index contributed by atoms with van der Waals surface area (Å²) in [7, 11) is 2.90. The van der Waals surface area contributed by atoms with Crippen molar-refractivity contribution in [2.45, 2.75) is 19.1 Å².